The van der Waals surface area contributed by atoms with E-state index in [1.54, 1.807) is 6.07 Å². The Bertz CT molecular complexity index is 344. The van der Waals surface area contributed by atoms with Gasteiger partial charge in [0.2, 0.25) is 0 Å². The van der Waals surface area contributed by atoms with Gasteiger partial charge in [-0.15, -0.1) is 0 Å². The zero-order valence-corrected chi connectivity index (χ0v) is 7.39. The summed E-state index contributed by atoms with van der Waals surface area (Å²) in [7, 11) is 0. The molecule has 0 bridgehead atoms. The van der Waals surface area contributed by atoms with Crippen molar-refractivity contribution in [3.63, 3.8) is 0 Å². The number of fused-ring (bicyclic) bond motifs is 1. The van der Waals surface area contributed by atoms with Crippen molar-refractivity contribution in [1.82, 2.24) is 5.32 Å². The van der Waals surface area contributed by atoms with Crippen LogP contribution in [0.25, 0.3) is 0 Å². The molecule has 3 rings (SSSR count). The van der Waals surface area contributed by atoms with Crippen LogP contribution >= 0.6 is 0 Å². The Labute approximate surface area is 77.0 Å². The lowest BCUT2D eigenvalue weighted by atomic mass is 10.0. The van der Waals surface area contributed by atoms with Crippen molar-refractivity contribution in [3.05, 3.63) is 35.1 Å². The van der Waals surface area contributed by atoms with Gasteiger partial charge in [-0.3, -0.25) is 0 Å². The van der Waals surface area contributed by atoms with E-state index in [2.05, 4.69) is 11.4 Å². The highest BCUT2D eigenvalue weighted by atomic mass is 19.1. The van der Waals surface area contributed by atoms with Crippen LogP contribution in [0.4, 0.5) is 4.39 Å². The lowest BCUT2D eigenvalue weighted by molar-refractivity contribution is 0.521. The maximum Gasteiger partial charge on any atom is 0.128 e. The van der Waals surface area contributed by atoms with Gasteiger partial charge in [-0.05, 0) is 30.4 Å². The lowest BCUT2D eigenvalue weighted by Gasteiger charge is -2.09. The van der Waals surface area contributed by atoms with Crippen molar-refractivity contribution in [3.8, 4) is 0 Å². The number of hydrogen-bond acceptors (Lipinski definition) is 1. The molecule has 1 atom stereocenters. The van der Waals surface area contributed by atoms with Gasteiger partial charge in [0.25, 0.3) is 0 Å². The molecule has 13 heavy (non-hydrogen) atoms. The molecule has 1 aliphatic heterocycles. The van der Waals surface area contributed by atoms with Crippen molar-refractivity contribution in [2.75, 3.05) is 0 Å². The fraction of sp³-hybridized carbons (Fsp3) is 0.455. The normalized spacial score (nSPS) is 26.1. The van der Waals surface area contributed by atoms with E-state index in [1.807, 2.05) is 6.07 Å². The Hall–Kier alpha value is -0.890. The van der Waals surface area contributed by atoms with Gasteiger partial charge in [-0.25, -0.2) is 4.39 Å². The zero-order chi connectivity index (χ0) is 8.84. The van der Waals surface area contributed by atoms with Crippen LogP contribution in [-0.4, -0.2) is 0 Å². The standard InChI is InChI=1S/C11H12FN/c12-10-3-1-2-8-9(10)6-13-11(8)7-4-5-7/h1-3,7,11,13H,4-6H2. The fourth-order valence-electron chi connectivity index (χ4n) is 2.23. The Morgan fingerprint density at radius 2 is 2.15 bits per heavy atom. The van der Waals surface area contributed by atoms with Crippen LogP contribution < -0.4 is 5.32 Å². The Morgan fingerprint density at radius 1 is 1.31 bits per heavy atom. The number of rotatable bonds is 1. The third-order valence-corrected chi connectivity index (χ3v) is 3.08. The molecular formula is C11H12FN. The van der Waals surface area contributed by atoms with Crippen molar-refractivity contribution >= 4 is 0 Å². The van der Waals surface area contributed by atoms with Gasteiger partial charge in [0, 0.05) is 18.2 Å². The molecule has 68 valence electrons. The van der Waals surface area contributed by atoms with E-state index in [1.165, 1.54) is 18.4 Å². The van der Waals surface area contributed by atoms with Gasteiger partial charge in [0.05, 0.1) is 0 Å². The highest BCUT2D eigenvalue weighted by Gasteiger charge is 2.36. The smallest absolute Gasteiger partial charge is 0.128 e. The van der Waals surface area contributed by atoms with Crippen LogP contribution in [-0.2, 0) is 6.54 Å². The molecule has 1 N–H and O–H groups in total. The second kappa shape index (κ2) is 2.55. The van der Waals surface area contributed by atoms with E-state index in [0.717, 1.165) is 11.5 Å². The first-order valence-electron chi connectivity index (χ1n) is 4.87. The minimum Gasteiger partial charge on any atom is -0.305 e. The molecule has 1 aromatic carbocycles. The monoisotopic (exact) mass is 177 g/mol. The molecule has 0 saturated heterocycles. The highest BCUT2D eigenvalue weighted by Crippen LogP contribution is 2.44. The number of nitrogens with one attached hydrogen (secondary N) is 1. The summed E-state index contributed by atoms with van der Waals surface area (Å²) in [6.07, 6.45) is 2.60. The van der Waals surface area contributed by atoms with Gasteiger partial charge >= 0.3 is 0 Å². The summed E-state index contributed by atoms with van der Waals surface area (Å²) in [5.74, 6) is 0.719. The van der Waals surface area contributed by atoms with E-state index < -0.39 is 0 Å². The molecular weight excluding hydrogens is 165 g/mol. The van der Waals surface area contributed by atoms with Crippen LogP contribution in [0, 0.1) is 11.7 Å². The van der Waals surface area contributed by atoms with E-state index in [-0.39, 0.29) is 5.82 Å². The van der Waals surface area contributed by atoms with Crippen LogP contribution in [0.1, 0.15) is 30.0 Å². The van der Waals surface area contributed by atoms with Crippen LogP contribution in [0.5, 0.6) is 0 Å². The highest BCUT2D eigenvalue weighted by molar-refractivity contribution is 5.36. The van der Waals surface area contributed by atoms with Gasteiger partial charge in [-0.1, -0.05) is 12.1 Å². The SMILES string of the molecule is Fc1cccc2c1CNC2C1CC1. The summed E-state index contributed by atoms with van der Waals surface area (Å²) in [5.41, 5.74) is 2.09. The minimum atomic E-state index is -0.0480. The number of benzene rings is 1. The molecule has 0 amide bonds. The topological polar surface area (TPSA) is 12.0 Å². The van der Waals surface area contributed by atoms with Gasteiger partial charge in [0.1, 0.15) is 5.82 Å². The summed E-state index contributed by atoms with van der Waals surface area (Å²) in [6.45, 7) is 0.711. The summed E-state index contributed by atoms with van der Waals surface area (Å²) in [4.78, 5) is 0. The minimum absolute atomic E-state index is 0.0480. The van der Waals surface area contributed by atoms with E-state index in [9.17, 15) is 4.39 Å². The molecule has 0 spiro atoms. The third kappa shape index (κ3) is 1.09. The molecule has 1 aromatic rings. The van der Waals surface area contributed by atoms with Crippen molar-refractivity contribution < 1.29 is 4.39 Å². The Morgan fingerprint density at radius 3 is 2.92 bits per heavy atom. The maximum atomic E-state index is 13.3. The summed E-state index contributed by atoms with van der Waals surface area (Å²) in [6, 6.07) is 5.86. The molecule has 1 heterocycles. The van der Waals surface area contributed by atoms with Gasteiger partial charge in [-0.2, -0.15) is 0 Å². The Kier molecular flexibility index (Phi) is 1.47. The number of hydrogen-bond donors (Lipinski definition) is 1. The fourth-order valence-corrected chi connectivity index (χ4v) is 2.23. The summed E-state index contributed by atoms with van der Waals surface area (Å²) in [5, 5.41) is 3.38. The number of halogens is 1. The lowest BCUT2D eigenvalue weighted by Crippen LogP contribution is -2.13. The van der Waals surface area contributed by atoms with Crippen LogP contribution in [0.15, 0.2) is 18.2 Å². The molecule has 0 radical (unpaired) electrons. The Balaban J connectivity index is 2.05. The molecule has 1 aliphatic carbocycles. The van der Waals surface area contributed by atoms with Crippen molar-refractivity contribution in [2.24, 2.45) is 5.92 Å². The van der Waals surface area contributed by atoms with Crippen molar-refractivity contribution in [1.29, 1.82) is 0 Å². The molecule has 1 unspecified atom stereocenters. The second-order valence-corrected chi connectivity index (χ2v) is 4.00. The average Bonchev–Trinajstić information content (AvgIpc) is 2.87. The van der Waals surface area contributed by atoms with E-state index >= 15 is 0 Å². The molecule has 2 heteroatoms. The van der Waals surface area contributed by atoms with Crippen LogP contribution in [0.2, 0.25) is 0 Å². The molecule has 1 nitrogen and oxygen atoms in total. The van der Waals surface area contributed by atoms with Crippen molar-refractivity contribution in [2.45, 2.75) is 25.4 Å². The quantitative estimate of drug-likeness (QED) is 0.694. The van der Waals surface area contributed by atoms with E-state index in [0.29, 0.717) is 12.6 Å². The predicted octanol–water partition coefficient (Wildman–Crippen LogP) is 2.38. The average molecular weight is 177 g/mol. The third-order valence-electron chi connectivity index (χ3n) is 3.08. The zero-order valence-electron chi connectivity index (χ0n) is 7.39. The first-order valence-corrected chi connectivity index (χ1v) is 4.87. The summed E-state index contributed by atoms with van der Waals surface area (Å²) < 4.78 is 13.3. The predicted molar refractivity (Wildman–Crippen MR) is 48.7 cm³/mol. The first kappa shape index (κ1) is 7.51. The van der Waals surface area contributed by atoms with Gasteiger partial charge < -0.3 is 5.32 Å². The second-order valence-electron chi connectivity index (χ2n) is 4.00. The molecule has 2 aliphatic rings. The van der Waals surface area contributed by atoms with Crippen LogP contribution in [0.3, 0.4) is 0 Å². The largest absolute Gasteiger partial charge is 0.305 e. The molecule has 1 saturated carbocycles. The summed E-state index contributed by atoms with van der Waals surface area (Å²) >= 11 is 0. The molecule has 0 aromatic heterocycles. The maximum absolute atomic E-state index is 13.3. The molecule has 1 fully saturated rings. The van der Waals surface area contributed by atoms with E-state index in [4.69, 9.17) is 0 Å². The first-order chi connectivity index (χ1) is 6.36. The van der Waals surface area contributed by atoms with Gasteiger partial charge in [0.15, 0.2) is 0 Å².